The Bertz CT molecular complexity index is 112. The van der Waals surface area contributed by atoms with E-state index in [2.05, 4.69) is 17.1 Å². The molecule has 0 aliphatic heterocycles. The Hall–Kier alpha value is -0.830. The van der Waals surface area contributed by atoms with Crippen LogP contribution in [0.5, 0.6) is 0 Å². The molecule has 0 heterocycles. The fourth-order valence-electron chi connectivity index (χ4n) is 0.618. The molecule has 0 bridgehead atoms. The van der Waals surface area contributed by atoms with Gasteiger partial charge in [-0.3, -0.25) is 0 Å². The largest absolute Gasteiger partial charge is 0.411 e. The van der Waals surface area contributed by atoms with Crippen LogP contribution in [0.15, 0.2) is 17.8 Å². The fraction of sp³-hybridized carbons (Fsp3) is 0.571. The Balaban J connectivity index is 3.49. The first-order chi connectivity index (χ1) is 4.85. The van der Waals surface area contributed by atoms with Gasteiger partial charge in [0.25, 0.3) is 0 Å². The topological polar surface area (TPSA) is 44.6 Å². The van der Waals surface area contributed by atoms with Gasteiger partial charge in [-0.25, -0.2) is 0 Å². The summed E-state index contributed by atoms with van der Waals surface area (Å²) in [5, 5.41) is 14.2. The van der Waals surface area contributed by atoms with Crippen molar-refractivity contribution in [2.75, 3.05) is 6.54 Å². The van der Waals surface area contributed by atoms with Crippen LogP contribution in [0, 0.1) is 0 Å². The second kappa shape index (κ2) is 6.29. The van der Waals surface area contributed by atoms with Gasteiger partial charge in [-0.2, -0.15) is 0 Å². The Morgan fingerprint density at radius 1 is 1.80 bits per heavy atom. The van der Waals surface area contributed by atoms with Crippen molar-refractivity contribution in [2.24, 2.45) is 5.16 Å². The molecule has 0 saturated carbocycles. The van der Waals surface area contributed by atoms with Gasteiger partial charge in [-0.15, -0.1) is 11.7 Å². The molecule has 0 fully saturated rings. The number of nitrogens with zero attached hydrogens (tertiary/aromatic N) is 1. The minimum Gasteiger partial charge on any atom is -0.411 e. The molecule has 1 atom stereocenters. The van der Waals surface area contributed by atoms with Crippen molar-refractivity contribution in [3.8, 4) is 0 Å². The molecule has 0 saturated heterocycles. The Morgan fingerprint density at radius 3 is 2.90 bits per heavy atom. The molecular formula is C7H14N2O. The lowest BCUT2D eigenvalue weighted by molar-refractivity contribution is 0.318. The minimum atomic E-state index is 0.156. The highest BCUT2D eigenvalue weighted by molar-refractivity contribution is 5.63. The predicted octanol–water partition coefficient (Wildman–Crippen LogP) is 1.00. The van der Waals surface area contributed by atoms with E-state index in [0.29, 0.717) is 0 Å². The summed E-state index contributed by atoms with van der Waals surface area (Å²) in [6, 6.07) is 0.156. The van der Waals surface area contributed by atoms with Gasteiger partial charge in [0.05, 0.1) is 6.21 Å². The second-order valence-corrected chi connectivity index (χ2v) is 1.98. The van der Waals surface area contributed by atoms with Crippen LogP contribution < -0.4 is 5.32 Å². The number of hydrogen-bond donors (Lipinski definition) is 2. The second-order valence-electron chi connectivity index (χ2n) is 1.98. The van der Waals surface area contributed by atoms with Gasteiger partial charge in [0.1, 0.15) is 0 Å². The van der Waals surface area contributed by atoms with Gasteiger partial charge in [0.2, 0.25) is 0 Å². The zero-order chi connectivity index (χ0) is 7.82. The van der Waals surface area contributed by atoms with Crippen molar-refractivity contribution in [2.45, 2.75) is 19.4 Å². The van der Waals surface area contributed by atoms with Crippen LogP contribution >= 0.6 is 0 Å². The van der Waals surface area contributed by atoms with Crippen molar-refractivity contribution in [3.05, 3.63) is 12.7 Å². The van der Waals surface area contributed by atoms with Crippen LogP contribution in [0.25, 0.3) is 0 Å². The van der Waals surface area contributed by atoms with Crippen LogP contribution in [0.1, 0.15) is 13.3 Å². The standard InChI is InChI=1S/C7H14N2O/c1-3-5-8-7(4-2)6-9-10/h3,6-8,10H,1,4-5H2,2H3/b9-6+. The molecule has 3 heteroatoms. The number of hydrogen-bond acceptors (Lipinski definition) is 3. The van der Waals surface area contributed by atoms with Gasteiger partial charge in [0, 0.05) is 12.6 Å². The minimum absolute atomic E-state index is 0.156. The molecule has 0 radical (unpaired) electrons. The highest BCUT2D eigenvalue weighted by atomic mass is 16.4. The average molecular weight is 142 g/mol. The first-order valence-electron chi connectivity index (χ1n) is 3.37. The molecule has 2 N–H and O–H groups in total. The summed E-state index contributed by atoms with van der Waals surface area (Å²) in [7, 11) is 0. The van der Waals surface area contributed by atoms with E-state index in [-0.39, 0.29) is 6.04 Å². The molecule has 3 nitrogen and oxygen atoms in total. The Morgan fingerprint density at radius 2 is 2.50 bits per heavy atom. The molecule has 0 rings (SSSR count). The highest BCUT2D eigenvalue weighted by Gasteiger charge is 1.97. The summed E-state index contributed by atoms with van der Waals surface area (Å²) in [6.07, 6.45) is 4.16. The van der Waals surface area contributed by atoms with E-state index in [1.165, 1.54) is 6.21 Å². The van der Waals surface area contributed by atoms with Crippen molar-refractivity contribution in [1.82, 2.24) is 5.32 Å². The summed E-state index contributed by atoms with van der Waals surface area (Å²) in [4.78, 5) is 0. The van der Waals surface area contributed by atoms with E-state index in [1.54, 1.807) is 6.08 Å². The molecule has 0 aromatic heterocycles. The van der Waals surface area contributed by atoms with Gasteiger partial charge in [0.15, 0.2) is 0 Å². The van der Waals surface area contributed by atoms with Gasteiger partial charge in [-0.05, 0) is 6.42 Å². The Kier molecular flexibility index (Phi) is 5.77. The van der Waals surface area contributed by atoms with Crippen molar-refractivity contribution < 1.29 is 5.21 Å². The quantitative estimate of drug-likeness (QED) is 0.260. The maximum atomic E-state index is 8.17. The zero-order valence-corrected chi connectivity index (χ0v) is 6.25. The molecular weight excluding hydrogens is 128 g/mol. The molecule has 0 spiro atoms. The van der Waals surface area contributed by atoms with Gasteiger partial charge in [-0.1, -0.05) is 13.0 Å². The average Bonchev–Trinajstić information content (AvgIpc) is 1.98. The first kappa shape index (κ1) is 9.17. The first-order valence-corrected chi connectivity index (χ1v) is 3.37. The van der Waals surface area contributed by atoms with Crippen LogP contribution in [0.2, 0.25) is 0 Å². The summed E-state index contributed by atoms with van der Waals surface area (Å²) < 4.78 is 0. The number of oxime groups is 1. The third kappa shape index (κ3) is 4.09. The van der Waals surface area contributed by atoms with E-state index in [0.717, 1.165) is 13.0 Å². The van der Waals surface area contributed by atoms with E-state index in [9.17, 15) is 0 Å². The molecule has 58 valence electrons. The lowest BCUT2D eigenvalue weighted by atomic mass is 10.2. The van der Waals surface area contributed by atoms with E-state index >= 15 is 0 Å². The monoisotopic (exact) mass is 142 g/mol. The summed E-state index contributed by atoms with van der Waals surface area (Å²) >= 11 is 0. The molecule has 0 aromatic carbocycles. The lowest BCUT2D eigenvalue weighted by Gasteiger charge is -2.07. The summed E-state index contributed by atoms with van der Waals surface area (Å²) in [6.45, 7) is 6.31. The van der Waals surface area contributed by atoms with Crippen LogP contribution in [-0.4, -0.2) is 24.0 Å². The third-order valence-electron chi connectivity index (χ3n) is 1.21. The highest BCUT2D eigenvalue weighted by Crippen LogP contribution is 1.85. The number of nitrogens with one attached hydrogen (secondary N) is 1. The fourth-order valence-corrected chi connectivity index (χ4v) is 0.618. The Labute approximate surface area is 61.4 Å². The van der Waals surface area contributed by atoms with Crippen molar-refractivity contribution in [3.63, 3.8) is 0 Å². The van der Waals surface area contributed by atoms with E-state index in [4.69, 9.17) is 5.21 Å². The van der Waals surface area contributed by atoms with Crippen molar-refractivity contribution in [1.29, 1.82) is 0 Å². The molecule has 0 aliphatic carbocycles. The lowest BCUT2D eigenvalue weighted by Crippen LogP contribution is -2.29. The van der Waals surface area contributed by atoms with Crippen molar-refractivity contribution >= 4 is 6.21 Å². The summed E-state index contributed by atoms with van der Waals surface area (Å²) in [5.74, 6) is 0. The zero-order valence-electron chi connectivity index (χ0n) is 6.25. The maximum Gasteiger partial charge on any atom is 0.0605 e. The molecule has 0 aliphatic rings. The summed E-state index contributed by atoms with van der Waals surface area (Å²) in [5.41, 5.74) is 0. The predicted molar refractivity (Wildman–Crippen MR) is 42.6 cm³/mol. The van der Waals surface area contributed by atoms with E-state index < -0.39 is 0 Å². The molecule has 0 aromatic rings. The maximum absolute atomic E-state index is 8.17. The van der Waals surface area contributed by atoms with Gasteiger partial charge < -0.3 is 10.5 Å². The SMILES string of the molecule is C=CCNC(/C=N/O)CC. The normalized spacial score (nSPS) is 13.7. The van der Waals surface area contributed by atoms with Gasteiger partial charge >= 0.3 is 0 Å². The van der Waals surface area contributed by atoms with Crippen LogP contribution in [-0.2, 0) is 0 Å². The van der Waals surface area contributed by atoms with E-state index in [1.807, 2.05) is 6.92 Å². The van der Waals surface area contributed by atoms with Crippen LogP contribution in [0.4, 0.5) is 0 Å². The van der Waals surface area contributed by atoms with Crippen LogP contribution in [0.3, 0.4) is 0 Å². The number of rotatable bonds is 5. The smallest absolute Gasteiger partial charge is 0.0605 e. The molecule has 10 heavy (non-hydrogen) atoms. The molecule has 1 unspecified atom stereocenters. The third-order valence-corrected chi connectivity index (χ3v) is 1.21. The molecule has 0 amide bonds.